The van der Waals surface area contributed by atoms with Crippen LogP contribution in [0.5, 0.6) is 0 Å². The minimum atomic E-state index is -1.04. The van der Waals surface area contributed by atoms with Gasteiger partial charge in [0.15, 0.2) is 0 Å². The standard InChI is InChI=1S/C14H11N3O2S/c15-11-3-1-8(5-10(11)14(18)19)17-9-2-4-12-13(6-9)20-7-16-12/h1-7,17H,15H2,(H,18,19). The monoisotopic (exact) mass is 285 g/mol. The summed E-state index contributed by atoms with van der Waals surface area (Å²) in [5.74, 6) is -1.04. The number of fused-ring (bicyclic) bond motifs is 1. The predicted octanol–water partition coefficient (Wildman–Crippen LogP) is 3.32. The second kappa shape index (κ2) is 4.82. The smallest absolute Gasteiger partial charge is 0.337 e. The third kappa shape index (κ3) is 2.28. The van der Waals surface area contributed by atoms with Gasteiger partial charge in [-0.2, -0.15) is 0 Å². The molecule has 0 unspecified atom stereocenters. The van der Waals surface area contributed by atoms with Gasteiger partial charge in [-0.05, 0) is 36.4 Å². The van der Waals surface area contributed by atoms with Gasteiger partial charge in [0.25, 0.3) is 0 Å². The summed E-state index contributed by atoms with van der Waals surface area (Å²) in [5, 5.41) is 12.2. The van der Waals surface area contributed by atoms with E-state index in [2.05, 4.69) is 10.3 Å². The van der Waals surface area contributed by atoms with E-state index in [1.165, 1.54) is 6.07 Å². The molecule has 0 radical (unpaired) electrons. The van der Waals surface area contributed by atoms with E-state index in [4.69, 9.17) is 10.8 Å². The molecule has 0 atom stereocenters. The second-order valence-electron chi connectivity index (χ2n) is 4.27. The molecular weight excluding hydrogens is 274 g/mol. The van der Waals surface area contributed by atoms with E-state index in [-0.39, 0.29) is 11.3 Å². The van der Waals surface area contributed by atoms with Crippen molar-refractivity contribution in [1.29, 1.82) is 0 Å². The topological polar surface area (TPSA) is 88.2 Å². The average molecular weight is 285 g/mol. The molecule has 20 heavy (non-hydrogen) atoms. The van der Waals surface area contributed by atoms with Gasteiger partial charge < -0.3 is 16.2 Å². The van der Waals surface area contributed by atoms with Crippen molar-refractivity contribution < 1.29 is 9.90 Å². The molecule has 6 heteroatoms. The van der Waals surface area contributed by atoms with Crippen LogP contribution >= 0.6 is 11.3 Å². The van der Waals surface area contributed by atoms with E-state index in [0.717, 1.165) is 15.9 Å². The lowest BCUT2D eigenvalue weighted by molar-refractivity contribution is 0.0698. The number of nitrogens with zero attached hydrogens (tertiary/aromatic N) is 1. The second-order valence-corrected chi connectivity index (χ2v) is 5.15. The highest BCUT2D eigenvalue weighted by molar-refractivity contribution is 7.16. The van der Waals surface area contributed by atoms with Crippen LogP contribution in [-0.2, 0) is 0 Å². The normalized spacial score (nSPS) is 10.6. The quantitative estimate of drug-likeness (QED) is 0.642. The Balaban J connectivity index is 1.94. The van der Waals surface area contributed by atoms with Crippen molar-refractivity contribution >= 4 is 44.6 Å². The number of benzene rings is 2. The van der Waals surface area contributed by atoms with E-state index in [1.54, 1.807) is 29.0 Å². The zero-order valence-corrected chi connectivity index (χ0v) is 11.1. The van der Waals surface area contributed by atoms with Gasteiger partial charge in [-0.15, -0.1) is 11.3 Å². The van der Waals surface area contributed by atoms with Crippen molar-refractivity contribution in [3.8, 4) is 0 Å². The fourth-order valence-corrected chi connectivity index (χ4v) is 2.64. The van der Waals surface area contributed by atoms with Crippen LogP contribution in [0.4, 0.5) is 17.1 Å². The lowest BCUT2D eigenvalue weighted by atomic mass is 10.1. The van der Waals surface area contributed by atoms with Crippen LogP contribution in [0.3, 0.4) is 0 Å². The van der Waals surface area contributed by atoms with Gasteiger partial charge in [-0.25, -0.2) is 9.78 Å². The number of carbonyl (C=O) groups is 1. The Morgan fingerprint density at radius 2 is 1.95 bits per heavy atom. The first kappa shape index (κ1) is 12.4. The molecule has 0 aliphatic carbocycles. The lowest BCUT2D eigenvalue weighted by Gasteiger charge is -2.08. The molecule has 2 aromatic carbocycles. The first-order valence-corrected chi connectivity index (χ1v) is 6.74. The van der Waals surface area contributed by atoms with Crippen LogP contribution in [0.25, 0.3) is 10.2 Å². The average Bonchev–Trinajstić information content (AvgIpc) is 2.88. The van der Waals surface area contributed by atoms with Gasteiger partial charge in [-0.1, -0.05) is 0 Å². The highest BCUT2D eigenvalue weighted by Gasteiger charge is 2.09. The molecule has 5 nitrogen and oxygen atoms in total. The SMILES string of the molecule is Nc1ccc(Nc2ccc3ncsc3c2)cc1C(=O)O. The maximum atomic E-state index is 11.1. The Kier molecular flexibility index (Phi) is 3.00. The van der Waals surface area contributed by atoms with E-state index in [1.807, 2.05) is 18.2 Å². The Bertz CT molecular complexity index is 798. The molecule has 0 spiro atoms. The number of nitrogens with one attached hydrogen (secondary N) is 1. The summed E-state index contributed by atoms with van der Waals surface area (Å²) in [6, 6.07) is 10.6. The van der Waals surface area contributed by atoms with Crippen molar-refractivity contribution in [1.82, 2.24) is 4.98 Å². The molecule has 3 aromatic rings. The van der Waals surface area contributed by atoms with Crippen LogP contribution in [0.1, 0.15) is 10.4 Å². The molecule has 1 heterocycles. The summed E-state index contributed by atoms with van der Waals surface area (Å²) in [4.78, 5) is 15.3. The Hall–Kier alpha value is -2.60. The van der Waals surface area contributed by atoms with Gasteiger partial charge in [-0.3, -0.25) is 0 Å². The number of hydrogen-bond donors (Lipinski definition) is 3. The summed E-state index contributed by atoms with van der Waals surface area (Å²) in [6.45, 7) is 0. The summed E-state index contributed by atoms with van der Waals surface area (Å²) in [5.41, 5.74) is 10.3. The minimum absolute atomic E-state index is 0.0915. The van der Waals surface area contributed by atoms with E-state index in [9.17, 15) is 4.79 Å². The predicted molar refractivity (Wildman–Crippen MR) is 80.7 cm³/mol. The van der Waals surface area contributed by atoms with Gasteiger partial charge in [0, 0.05) is 17.1 Å². The van der Waals surface area contributed by atoms with Crippen LogP contribution in [-0.4, -0.2) is 16.1 Å². The molecule has 4 N–H and O–H groups in total. The third-order valence-electron chi connectivity index (χ3n) is 2.90. The highest BCUT2D eigenvalue weighted by atomic mass is 32.1. The first-order chi connectivity index (χ1) is 9.63. The largest absolute Gasteiger partial charge is 0.478 e. The molecule has 100 valence electrons. The van der Waals surface area contributed by atoms with Crippen molar-refractivity contribution in [2.45, 2.75) is 0 Å². The molecule has 1 aromatic heterocycles. The summed E-state index contributed by atoms with van der Waals surface area (Å²) in [6.07, 6.45) is 0. The maximum Gasteiger partial charge on any atom is 0.337 e. The number of nitrogen functional groups attached to an aromatic ring is 1. The van der Waals surface area contributed by atoms with Crippen LogP contribution < -0.4 is 11.1 Å². The molecule has 0 fully saturated rings. The van der Waals surface area contributed by atoms with Gasteiger partial charge >= 0.3 is 5.97 Å². The maximum absolute atomic E-state index is 11.1. The van der Waals surface area contributed by atoms with E-state index < -0.39 is 5.97 Å². The molecule has 0 saturated carbocycles. The Morgan fingerprint density at radius 1 is 1.20 bits per heavy atom. The van der Waals surface area contributed by atoms with Crippen molar-refractivity contribution in [3.63, 3.8) is 0 Å². The number of nitrogens with two attached hydrogens (primary N) is 1. The number of carboxylic acid groups (broad SMARTS) is 1. The van der Waals surface area contributed by atoms with Crippen molar-refractivity contribution in [2.75, 3.05) is 11.1 Å². The molecular formula is C14H11N3O2S. The number of hydrogen-bond acceptors (Lipinski definition) is 5. The van der Waals surface area contributed by atoms with Crippen molar-refractivity contribution in [2.24, 2.45) is 0 Å². The Labute approximate surface area is 118 Å². The Morgan fingerprint density at radius 3 is 2.75 bits per heavy atom. The minimum Gasteiger partial charge on any atom is -0.478 e. The first-order valence-electron chi connectivity index (χ1n) is 5.86. The number of anilines is 3. The van der Waals surface area contributed by atoms with Gasteiger partial charge in [0.1, 0.15) is 0 Å². The van der Waals surface area contributed by atoms with E-state index in [0.29, 0.717) is 5.69 Å². The zero-order chi connectivity index (χ0) is 14.1. The van der Waals surface area contributed by atoms with Crippen molar-refractivity contribution in [3.05, 3.63) is 47.5 Å². The van der Waals surface area contributed by atoms with Crippen LogP contribution in [0, 0.1) is 0 Å². The highest BCUT2D eigenvalue weighted by Crippen LogP contribution is 2.26. The lowest BCUT2D eigenvalue weighted by Crippen LogP contribution is -2.03. The summed E-state index contributed by atoms with van der Waals surface area (Å²) >= 11 is 1.56. The number of thiazole rings is 1. The molecule has 0 amide bonds. The van der Waals surface area contributed by atoms with E-state index >= 15 is 0 Å². The number of rotatable bonds is 3. The fourth-order valence-electron chi connectivity index (χ4n) is 1.92. The summed E-state index contributed by atoms with van der Waals surface area (Å²) in [7, 11) is 0. The zero-order valence-electron chi connectivity index (χ0n) is 10.3. The molecule has 0 bridgehead atoms. The van der Waals surface area contributed by atoms with Gasteiger partial charge in [0.2, 0.25) is 0 Å². The van der Waals surface area contributed by atoms with Gasteiger partial charge in [0.05, 0.1) is 21.3 Å². The number of aromatic nitrogens is 1. The van der Waals surface area contributed by atoms with Crippen LogP contribution in [0.15, 0.2) is 41.9 Å². The van der Waals surface area contributed by atoms with Crippen LogP contribution in [0.2, 0.25) is 0 Å². The molecule has 0 saturated heterocycles. The molecule has 0 aliphatic rings. The molecule has 0 aliphatic heterocycles. The fraction of sp³-hybridized carbons (Fsp3) is 0. The number of aromatic carboxylic acids is 1. The summed E-state index contributed by atoms with van der Waals surface area (Å²) < 4.78 is 1.07. The molecule has 3 rings (SSSR count). The third-order valence-corrected chi connectivity index (χ3v) is 3.70. The number of carboxylic acids is 1.